The Bertz CT molecular complexity index is 1340. The van der Waals surface area contributed by atoms with E-state index in [1.165, 1.54) is 20.3 Å². The summed E-state index contributed by atoms with van der Waals surface area (Å²) in [5, 5.41) is 31.4. The molecule has 3 aliphatic rings. The highest BCUT2D eigenvalue weighted by Gasteiger charge is 2.45. The van der Waals surface area contributed by atoms with Crippen LogP contribution >= 0.6 is 0 Å². The Balaban J connectivity index is 1.69. The molecule has 1 saturated heterocycles. The van der Waals surface area contributed by atoms with Gasteiger partial charge in [0, 0.05) is 35.1 Å². The van der Waals surface area contributed by atoms with Gasteiger partial charge >= 0.3 is 0 Å². The van der Waals surface area contributed by atoms with Gasteiger partial charge in [-0.3, -0.25) is 14.4 Å². The van der Waals surface area contributed by atoms with Gasteiger partial charge in [-0.25, -0.2) is 0 Å². The zero-order valence-corrected chi connectivity index (χ0v) is 21.8. The molecule has 1 aliphatic heterocycles. The normalized spacial score (nSPS) is 27.8. The minimum Gasteiger partial charge on any atom is -0.507 e. The number of aliphatic hydroxyl groups excluding tert-OH is 2. The summed E-state index contributed by atoms with van der Waals surface area (Å²) >= 11 is 0. The number of hydrogen-bond acceptors (Lipinski definition) is 11. The number of ketones is 3. The average Bonchev–Trinajstić information content (AvgIpc) is 2.93. The van der Waals surface area contributed by atoms with Crippen molar-refractivity contribution in [2.45, 2.75) is 56.8 Å². The number of ether oxygens (including phenoxy) is 4. The number of phenols is 1. The molecule has 5 rings (SSSR count). The number of carbonyl (C=O) groups excluding carboxylic acids is 3. The summed E-state index contributed by atoms with van der Waals surface area (Å²) in [5.74, 6) is -2.54. The Morgan fingerprint density at radius 2 is 1.85 bits per heavy atom. The molecule has 0 unspecified atom stereocenters. The van der Waals surface area contributed by atoms with E-state index >= 15 is 0 Å². The second-order valence-electron chi connectivity index (χ2n) is 10.1. The number of rotatable bonds is 6. The molecular weight excluding hydrogens is 510 g/mol. The first-order valence-corrected chi connectivity index (χ1v) is 12.7. The number of aliphatic hydroxyl groups is 2. The number of methoxy groups -OCH3 is 2. The van der Waals surface area contributed by atoms with Crippen LogP contribution in [-0.4, -0.2) is 78.0 Å². The van der Waals surface area contributed by atoms with Gasteiger partial charge in [0.05, 0.1) is 49.2 Å². The van der Waals surface area contributed by atoms with Crippen LogP contribution in [-0.2, 0) is 20.7 Å². The topological polar surface area (TPSA) is 175 Å². The number of hydrogen-bond donors (Lipinski definition) is 4. The van der Waals surface area contributed by atoms with Crippen LogP contribution in [0.5, 0.6) is 17.2 Å². The first-order valence-electron chi connectivity index (χ1n) is 12.7. The molecule has 0 amide bonds. The highest BCUT2D eigenvalue weighted by molar-refractivity contribution is 6.31. The van der Waals surface area contributed by atoms with Crippen molar-refractivity contribution in [2.75, 3.05) is 20.8 Å². The van der Waals surface area contributed by atoms with E-state index in [1.807, 2.05) is 0 Å². The van der Waals surface area contributed by atoms with Gasteiger partial charge in [0.2, 0.25) is 5.78 Å². The van der Waals surface area contributed by atoms with Gasteiger partial charge in [-0.15, -0.1) is 0 Å². The fourth-order valence-corrected chi connectivity index (χ4v) is 5.94. The van der Waals surface area contributed by atoms with E-state index in [2.05, 4.69) is 0 Å². The quantitative estimate of drug-likeness (QED) is 0.353. The summed E-state index contributed by atoms with van der Waals surface area (Å²) in [6, 6.07) is 4.01. The highest BCUT2D eigenvalue weighted by atomic mass is 16.7. The molecule has 11 heteroatoms. The van der Waals surface area contributed by atoms with Gasteiger partial charge in [0.1, 0.15) is 23.9 Å². The third kappa shape index (κ3) is 4.30. The minimum atomic E-state index is -0.977. The lowest BCUT2D eigenvalue weighted by molar-refractivity contribution is -0.243. The van der Waals surface area contributed by atoms with Crippen molar-refractivity contribution >= 4 is 17.3 Å². The SMILES string of the molecule is COc1cccc2c1C(=O)c1c(O)c3c(c(OC)c1C2=O)C[C@@H](C(=O)CO)C[C@@H]3O[C@H]1C[C@H](N)[C@@H](O)[C@H](C)O1. The summed E-state index contributed by atoms with van der Waals surface area (Å²) in [5.41, 5.74) is 6.38. The molecule has 1 fully saturated rings. The van der Waals surface area contributed by atoms with Gasteiger partial charge in [0.25, 0.3) is 0 Å². The smallest absolute Gasteiger partial charge is 0.202 e. The second-order valence-corrected chi connectivity index (χ2v) is 10.1. The molecule has 0 radical (unpaired) electrons. The first-order chi connectivity index (χ1) is 18.6. The average molecular weight is 542 g/mol. The van der Waals surface area contributed by atoms with Crippen molar-refractivity contribution in [3.63, 3.8) is 0 Å². The van der Waals surface area contributed by atoms with Crippen molar-refractivity contribution in [3.05, 3.63) is 51.6 Å². The van der Waals surface area contributed by atoms with Crippen molar-refractivity contribution in [3.8, 4) is 17.2 Å². The predicted octanol–water partition coefficient (Wildman–Crippen LogP) is 1.19. The van der Waals surface area contributed by atoms with Crippen LogP contribution in [0.1, 0.15) is 68.8 Å². The molecule has 208 valence electrons. The maximum absolute atomic E-state index is 13.8. The molecule has 0 spiro atoms. The van der Waals surface area contributed by atoms with Crippen LogP contribution in [0.2, 0.25) is 0 Å². The molecule has 0 saturated carbocycles. The zero-order valence-electron chi connectivity index (χ0n) is 21.8. The molecule has 0 bridgehead atoms. The number of fused-ring (bicyclic) bond motifs is 3. The summed E-state index contributed by atoms with van der Waals surface area (Å²) in [7, 11) is 2.72. The van der Waals surface area contributed by atoms with Crippen LogP contribution in [0.15, 0.2) is 18.2 Å². The zero-order chi connectivity index (χ0) is 28.2. The Kier molecular flexibility index (Phi) is 7.21. The monoisotopic (exact) mass is 541 g/mol. The molecule has 11 nitrogen and oxygen atoms in total. The fraction of sp³-hybridized carbons (Fsp3) is 0.464. The Morgan fingerprint density at radius 3 is 2.49 bits per heavy atom. The lowest BCUT2D eigenvalue weighted by Gasteiger charge is -2.40. The molecular formula is C28H31NO10. The number of aromatic hydroxyl groups is 1. The van der Waals surface area contributed by atoms with Gasteiger partial charge < -0.3 is 40.0 Å². The summed E-state index contributed by atoms with van der Waals surface area (Å²) in [6.45, 7) is 0.948. The van der Waals surface area contributed by atoms with Crippen LogP contribution < -0.4 is 15.2 Å². The van der Waals surface area contributed by atoms with Crippen LogP contribution in [0.4, 0.5) is 0 Å². The van der Waals surface area contributed by atoms with Crippen molar-refractivity contribution < 1.29 is 48.7 Å². The number of phenolic OH excluding ortho intramolecular Hbond substituents is 1. The second kappa shape index (κ2) is 10.3. The minimum absolute atomic E-state index is 0.0285. The van der Waals surface area contributed by atoms with E-state index < -0.39 is 66.3 Å². The van der Waals surface area contributed by atoms with E-state index in [0.29, 0.717) is 5.56 Å². The molecule has 6 atom stereocenters. The summed E-state index contributed by atoms with van der Waals surface area (Å²) in [4.78, 5) is 40.2. The predicted molar refractivity (Wildman–Crippen MR) is 135 cm³/mol. The van der Waals surface area contributed by atoms with Crippen molar-refractivity contribution in [2.24, 2.45) is 11.7 Å². The van der Waals surface area contributed by atoms with Gasteiger partial charge in [-0.05, 0) is 25.8 Å². The lowest BCUT2D eigenvalue weighted by atomic mass is 9.73. The van der Waals surface area contributed by atoms with Crippen LogP contribution in [0.3, 0.4) is 0 Å². The maximum atomic E-state index is 13.8. The van der Waals surface area contributed by atoms with E-state index in [9.17, 15) is 29.7 Å². The van der Waals surface area contributed by atoms with Crippen LogP contribution in [0.25, 0.3) is 0 Å². The Hall–Kier alpha value is -3.35. The van der Waals surface area contributed by atoms with Crippen molar-refractivity contribution in [1.82, 2.24) is 0 Å². The molecule has 5 N–H and O–H groups in total. The van der Waals surface area contributed by atoms with E-state index in [0.717, 1.165) is 0 Å². The molecule has 2 aromatic rings. The van der Waals surface area contributed by atoms with Gasteiger partial charge in [-0.1, -0.05) is 12.1 Å². The van der Waals surface area contributed by atoms with Gasteiger partial charge in [-0.2, -0.15) is 0 Å². The fourth-order valence-electron chi connectivity index (χ4n) is 5.94. The maximum Gasteiger partial charge on any atom is 0.202 e. The third-order valence-corrected chi connectivity index (χ3v) is 7.89. The van der Waals surface area contributed by atoms with Gasteiger partial charge in [0.15, 0.2) is 17.9 Å². The van der Waals surface area contributed by atoms with E-state index in [-0.39, 0.29) is 58.6 Å². The number of benzene rings is 2. The van der Waals surface area contributed by atoms with E-state index in [4.69, 9.17) is 24.7 Å². The number of Topliss-reactive ketones (excluding diaryl/α,β-unsaturated/α-hetero) is 1. The standard InChI is InChI=1S/C28H31NO10/c1-11-24(32)15(29)9-19(38-11)39-18-8-12(16(31)10-30)7-14-21(18)27(35)22-23(28(14)37-3)25(33)13-5-4-6-17(36-2)20(13)26(22)34/h4-6,11-12,15,18-19,24,30,32,35H,7-10,29H2,1-3H3/t11-,12+,15-,18-,19-,24-/m0/s1. The first kappa shape index (κ1) is 27.2. The van der Waals surface area contributed by atoms with E-state index in [1.54, 1.807) is 19.1 Å². The van der Waals surface area contributed by atoms with Crippen LogP contribution in [0, 0.1) is 5.92 Å². The molecule has 1 heterocycles. The molecule has 2 aliphatic carbocycles. The largest absolute Gasteiger partial charge is 0.507 e. The molecule has 39 heavy (non-hydrogen) atoms. The highest BCUT2D eigenvalue weighted by Crippen LogP contribution is 2.52. The number of carbonyl (C=O) groups is 3. The molecule has 2 aromatic carbocycles. The van der Waals surface area contributed by atoms with Crippen molar-refractivity contribution in [1.29, 1.82) is 0 Å². The Morgan fingerprint density at radius 1 is 1.10 bits per heavy atom. The summed E-state index contributed by atoms with van der Waals surface area (Å²) < 4.78 is 23.0. The third-order valence-electron chi connectivity index (χ3n) is 7.89. The molecule has 0 aromatic heterocycles. The number of nitrogens with two attached hydrogens (primary N) is 1. The summed E-state index contributed by atoms with van der Waals surface area (Å²) in [6.07, 6.45) is -3.14. The Labute approximate surface area is 224 Å². The lowest BCUT2D eigenvalue weighted by Crippen LogP contribution is -2.52.